The van der Waals surface area contributed by atoms with Gasteiger partial charge >= 0.3 is 0 Å². The van der Waals surface area contributed by atoms with Gasteiger partial charge in [0.15, 0.2) is 0 Å². The van der Waals surface area contributed by atoms with Gasteiger partial charge in [0.1, 0.15) is 5.01 Å². The van der Waals surface area contributed by atoms with E-state index in [4.69, 9.17) is 5.26 Å². The molecule has 0 spiro atoms. The highest BCUT2D eigenvalue weighted by molar-refractivity contribution is 7.09. The van der Waals surface area contributed by atoms with Crippen molar-refractivity contribution in [3.8, 4) is 6.07 Å². The van der Waals surface area contributed by atoms with Gasteiger partial charge in [0.2, 0.25) is 0 Å². The molecule has 1 heterocycles. The highest BCUT2D eigenvalue weighted by Crippen LogP contribution is 2.12. The van der Waals surface area contributed by atoms with Gasteiger partial charge in [-0.1, -0.05) is 13.8 Å². The van der Waals surface area contributed by atoms with Gasteiger partial charge in [0, 0.05) is 5.38 Å². The fraction of sp³-hybridized carbons (Fsp3) is 0.600. The molecule has 0 aliphatic heterocycles. The van der Waals surface area contributed by atoms with E-state index in [1.807, 2.05) is 5.38 Å². The minimum absolute atomic E-state index is 0.425. The Kier molecular flexibility index (Phi) is 4.57. The first-order chi connectivity index (χ1) is 6.80. The molecule has 0 bridgehead atoms. The third-order valence-electron chi connectivity index (χ3n) is 2.11. The Labute approximate surface area is 89.0 Å². The van der Waals surface area contributed by atoms with Crippen LogP contribution >= 0.6 is 11.3 Å². The maximum absolute atomic E-state index is 8.51. The predicted octanol–water partition coefficient (Wildman–Crippen LogP) is 2.05. The summed E-state index contributed by atoms with van der Waals surface area (Å²) in [4.78, 5) is 6.70. The molecule has 1 rings (SSSR count). The van der Waals surface area contributed by atoms with E-state index in [9.17, 15) is 0 Å². The van der Waals surface area contributed by atoms with E-state index in [2.05, 4.69) is 29.8 Å². The van der Waals surface area contributed by atoms with Gasteiger partial charge in [-0.25, -0.2) is 4.98 Å². The molecule has 0 saturated heterocycles. The van der Waals surface area contributed by atoms with Crippen LogP contribution in [0.3, 0.4) is 0 Å². The first-order valence-electron chi connectivity index (χ1n) is 4.82. The molecule has 1 aromatic rings. The second kappa shape index (κ2) is 5.74. The third kappa shape index (κ3) is 3.09. The average molecular weight is 209 g/mol. The molecule has 0 aromatic carbocycles. The second-order valence-corrected chi connectivity index (χ2v) is 3.97. The normalized spacial score (nSPS) is 10.4. The average Bonchev–Trinajstić information content (AvgIpc) is 2.63. The van der Waals surface area contributed by atoms with E-state index >= 15 is 0 Å². The van der Waals surface area contributed by atoms with Crippen molar-refractivity contribution < 1.29 is 0 Å². The van der Waals surface area contributed by atoms with Gasteiger partial charge in [0.05, 0.1) is 24.7 Å². The molecule has 1 aromatic heterocycles. The van der Waals surface area contributed by atoms with Gasteiger partial charge in [-0.05, 0) is 13.1 Å². The molecule has 0 aliphatic rings. The smallest absolute Gasteiger partial charge is 0.107 e. The molecule has 3 nitrogen and oxygen atoms in total. The van der Waals surface area contributed by atoms with Gasteiger partial charge in [0.25, 0.3) is 0 Å². The molecule has 0 saturated carbocycles. The topological polar surface area (TPSA) is 39.9 Å². The van der Waals surface area contributed by atoms with Crippen molar-refractivity contribution in [2.24, 2.45) is 0 Å². The minimum Gasteiger partial charge on any atom is -0.297 e. The largest absolute Gasteiger partial charge is 0.297 e. The zero-order chi connectivity index (χ0) is 10.4. The lowest BCUT2D eigenvalue weighted by Gasteiger charge is -2.15. The van der Waals surface area contributed by atoms with Crippen molar-refractivity contribution >= 4 is 11.3 Å². The number of thiazole rings is 1. The van der Waals surface area contributed by atoms with Crippen LogP contribution in [0.5, 0.6) is 0 Å². The summed E-state index contributed by atoms with van der Waals surface area (Å²) >= 11 is 1.64. The van der Waals surface area contributed by atoms with Crippen LogP contribution in [-0.2, 0) is 13.0 Å². The Hall–Kier alpha value is -0.920. The van der Waals surface area contributed by atoms with Crippen LogP contribution in [0.15, 0.2) is 5.38 Å². The molecule has 14 heavy (non-hydrogen) atoms. The van der Waals surface area contributed by atoms with Gasteiger partial charge < -0.3 is 0 Å². The van der Waals surface area contributed by atoms with Crippen LogP contribution in [0.4, 0.5) is 0 Å². The van der Waals surface area contributed by atoms with Crippen molar-refractivity contribution in [2.45, 2.75) is 26.8 Å². The van der Waals surface area contributed by atoms with Crippen molar-refractivity contribution in [1.29, 1.82) is 5.26 Å². The quantitative estimate of drug-likeness (QED) is 0.745. The van der Waals surface area contributed by atoms with Crippen molar-refractivity contribution in [3.05, 3.63) is 16.1 Å². The molecule has 0 aliphatic carbocycles. The number of nitrogens with zero attached hydrogens (tertiary/aromatic N) is 3. The molecular weight excluding hydrogens is 194 g/mol. The molecule has 0 unspecified atom stereocenters. The molecule has 0 N–H and O–H groups in total. The fourth-order valence-electron chi connectivity index (χ4n) is 1.22. The van der Waals surface area contributed by atoms with E-state index in [0.29, 0.717) is 6.42 Å². The van der Waals surface area contributed by atoms with Crippen LogP contribution in [-0.4, -0.2) is 23.0 Å². The van der Waals surface area contributed by atoms with Crippen LogP contribution in [0.25, 0.3) is 0 Å². The van der Waals surface area contributed by atoms with E-state index in [0.717, 1.165) is 30.3 Å². The van der Waals surface area contributed by atoms with Gasteiger partial charge in [-0.15, -0.1) is 11.3 Å². The molecule has 4 heteroatoms. The molecule has 0 fully saturated rings. The lowest BCUT2D eigenvalue weighted by atomic mass is 10.4. The predicted molar refractivity (Wildman–Crippen MR) is 58.1 cm³/mol. The monoisotopic (exact) mass is 209 g/mol. The van der Waals surface area contributed by atoms with Crippen LogP contribution in [0, 0.1) is 11.3 Å². The molecular formula is C10H15N3S. The molecule has 76 valence electrons. The minimum atomic E-state index is 0.425. The summed E-state index contributed by atoms with van der Waals surface area (Å²) in [5.74, 6) is 0. The Balaban J connectivity index is 2.55. The number of aromatic nitrogens is 1. The molecule has 0 radical (unpaired) electrons. The fourth-order valence-corrected chi connectivity index (χ4v) is 2.06. The van der Waals surface area contributed by atoms with Crippen LogP contribution in [0.2, 0.25) is 0 Å². The first kappa shape index (κ1) is 11.2. The van der Waals surface area contributed by atoms with Crippen molar-refractivity contribution in [3.63, 3.8) is 0 Å². The number of rotatable bonds is 5. The first-order valence-corrected chi connectivity index (χ1v) is 5.70. The maximum atomic E-state index is 8.51. The Morgan fingerprint density at radius 3 is 2.79 bits per heavy atom. The second-order valence-electron chi connectivity index (χ2n) is 3.03. The Bertz CT molecular complexity index is 309. The summed E-state index contributed by atoms with van der Waals surface area (Å²) in [6.45, 7) is 7.29. The Morgan fingerprint density at radius 1 is 1.50 bits per heavy atom. The van der Waals surface area contributed by atoms with Crippen molar-refractivity contribution in [1.82, 2.24) is 9.88 Å². The zero-order valence-electron chi connectivity index (χ0n) is 8.66. The van der Waals surface area contributed by atoms with E-state index in [1.165, 1.54) is 0 Å². The summed E-state index contributed by atoms with van der Waals surface area (Å²) in [5, 5.41) is 11.6. The summed E-state index contributed by atoms with van der Waals surface area (Å²) in [7, 11) is 0. The van der Waals surface area contributed by atoms with E-state index in [1.54, 1.807) is 11.3 Å². The van der Waals surface area contributed by atoms with Gasteiger partial charge in [-0.2, -0.15) is 5.26 Å². The van der Waals surface area contributed by atoms with Gasteiger partial charge in [-0.3, -0.25) is 4.90 Å². The third-order valence-corrected chi connectivity index (χ3v) is 3.00. The molecule has 0 amide bonds. The number of nitriles is 1. The van der Waals surface area contributed by atoms with E-state index < -0.39 is 0 Å². The standard InChI is InChI=1S/C10H15N3S/c1-3-13(4-2)7-10-12-9(5-6-11)8-14-10/h8H,3-5,7H2,1-2H3. The maximum Gasteiger partial charge on any atom is 0.107 e. The van der Waals surface area contributed by atoms with E-state index in [-0.39, 0.29) is 0 Å². The highest BCUT2D eigenvalue weighted by atomic mass is 32.1. The van der Waals surface area contributed by atoms with Crippen LogP contribution in [0.1, 0.15) is 24.5 Å². The lowest BCUT2D eigenvalue weighted by molar-refractivity contribution is 0.295. The van der Waals surface area contributed by atoms with Crippen molar-refractivity contribution in [2.75, 3.05) is 13.1 Å². The number of hydrogen-bond acceptors (Lipinski definition) is 4. The zero-order valence-corrected chi connectivity index (χ0v) is 9.47. The SMILES string of the molecule is CCN(CC)Cc1nc(CC#N)cs1. The molecule has 0 atom stereocenters. The highest BCUT2D eigenvalue weighted by Gasteiger charge is 2.05. The summed E-state index contributed by atoms with van der Waals surface area (Å²) in [6, 6.07) is 2.11. The lowest BCUT2D eigenvalue weighted by Crippen LogP contribution is -2.21. The Morgan fingerprint density at radius 2 is 2.21 bits per heavy atom. The number of hydrogen-bond donors (Lipinski definition) is 0. The summed E-state index contributed by atoms with van der Waals surface area (Å²) < 4.78 is 0. The summed E-state index contributed by atoms with van der Waals surface area (Å²) in [6.07, 6.45) is 0.425. The summed E-state index contributed by atoms with van der Waals surface area (Å²) in [5.41, 5.74) is 0.902. The van der Waals surface area contributed by atoms with Crippen LogP contribution < -0.4 is 0 Å².